The van der Waals surface area contributed by atoms with Crippen LogP contribution in [0.4, 0.5) is 4.79 Å². The van der Waals surface area contributed by atoms with Gasteiger partial charge in [-0.1, -0.05) is 59.1 Å². The average Bonchev–Trinajstić information content (AvgIpc) is 2.72. The summed E-state index contributed by atoms with van der Waals surface area (Å²) < 4.78 is 14.6. The molecule has 0 aliphatic carbocycles. The summed E-state index contributed by atoms with van der Waals surface area (Å²) in [4.78, 5) is 27.1. The second kappa shape index (κ2) is 10.1. The third kappa shape index (κ3) is 5.63. The SMILES string of the molecule is COc1ccccc1CC(=O)OCC1=CCC2CNCC1N2C(=O)OC(C)(C)C(Cl)(Cl)Cl. The van der Waals surface area contributed by atoms with Crippen LogP contribution >= 0.6 is 34.8 Å². The van der Waals surface area contributed by atoms with Crippen molar-refractivity contribution in [2.75, 3.05) is 26.8 Å². The molecular formula is C22H27Cl3N2O5. The molecule has 2 aliphatic rings. The van der Waals surface area contributed by atoms with Gasteiger partial charge in [-0.05, 0) is 31.9 Å². The van der Waals surface area contributed by atoms with Crippen LogP contribution < -0.4 is 10.1 Å². The molecule has 2 heterocycles. The highest BCUT2D eigenvalue weighted by molar-refractivity contribution is 6.68. The number of piperazine rings is 1. The van der Waals surface area contributed by atoms with Gasteiger partial charge in [-0.15, -0.1) is 0 Å². The molecule has 0 radical (unpaired) electrons. The number of hydrogen-bond acceptors (Lipinski definition) is 6. The molecule has 176 valence electrons. The molecule has 1 aromatic rings. The zero-order chi connectivity index (χ0) is 23.5. The fraction of sp³-hybridized carbons (Fsp3) is 0.545. The van der Waals surface area contributed by atoms with Crippen LogP contribution in [0.3, 0.4) is 0 Å². The molecule has 1 aromatic carbocycles. The van der Waals surface area contributed by atoms with E-state index in [1.54, 1.807) is 31.9 Å². The van der Waals surface area contributed by atoms with Crippen molar-refractivity contribution >= 4 is 46.9 Å². The van der Waals surface area contributed by atoms with E-state index in [2.05, 4.69) is 5.32 Å². The third-order valence-electron chi connectivity index (χ3n) is 5.69. The molecule has 2 atom stereocenters. The smallest absolute Gasteiger partial charge is 0.411 e. The Morgan fingerprint density at radius 1 is 1.19 bits per heavy atom. The van der Waals surface area contributed by atoms with Gasteiger partial charge in [-0.25, -0.2) is 4.79 Å². The molecule has 1 fully saturated rings. The Bertz CT molecular complexity index is 885. The van der Waals surface area contributed by atoms with Crippen molar-refractivity contribution in [2.24, 2.45) is 0 Å². The maximum atomic E-state index is 13.0. The number of halogens is 3. The fourth-order valence-corrected chi connectivity index (χ4v) is 3.86. The number of fused-ring (bicyclic) bond motifs is 2. The molecule has 2 unspecified atom stereocenters. The van der Waals surface area contributed by atoms with Crippen LogP contribution in [0.2, 0.25) is 0 Å². The topological polar surface area (TPSA) is 77.1 Å². The summed E-state index contributed by atoms with van der Waals surface area (Å²) in [5.74, 6) is 0.249. The summed E-state index contributed by atoms with van der Waals surface area (Å²) in [6.45, 7) is 4.30. The highest BCUT2D eigenvalue weighted by atomic mass is 35.6. The number of carbonyl (C=O) groups is 2. The van der Waals surface area contributed by atoms with E-state index >= 15 is 0 Å². The number of alkyl halides is 3. The molecule has 7 nitrogen and oxygen atoms in total. The first-order valence-corrected chi connectivity index (χ1v) is 11.4. The number of para-hydroxylation sites is 1. The molecule has 32 heavy (non-hydrogen) atoms. The van der Waals surface area contributed by atoms with E-state index in [4.69, 9.17) is 49.0 Å². The number of rotatable bonds is 6. The minimum Gasteiger partial charge on any atom is -0.496 e. The second-order valence-electron chi connectivity index (χ2n) is 8.28. The van der Waals surface area contributed by atoms with Gasteiger partial charge >= 0.3 is 12.1 Å². The number of benzene rings is 1. The molecule has 1 saturated heterocycles. The van der Waals surface area contributed by atoms with E-state index in [-0.39, 0.29) is 31.1 Å². The number of carbonyl (C=O) groups excluding carboxylic acids is 2. The third-order valence-corrected chi connectivity index (χ3v) is 7.06. The van der Waals surface area contributed by atoms with Crippen LogP contribution in [-0.4, -0.2) is 65.2 Å². The minimum absolute atomic E-state index is 0.0741. The molecular weight excluding hydrogens is 479 g/mol. The number of hydrogen-bond donors (Lipinski definition) is 1. The quantitative estimate of drug-likeness (QED) is 0.357. The van der Waals surface area contributed by atoms with Gasteiger partial charge in [0.1, 0.15) is 12.4 Å². The number of methoxy groups -OCH3 is 1. The Balaban J connectivity index is 1.65. The van der Waals surface area contributed by atoms with Crippen LogP contribution in [0.15, 0.2) is 35.9 Å². The van der Waals surface area contributed by atoms with Gasteiger partial charge in [0.2, 0.25) is 3.79 Å². The largest absolute Gasteiger partial charge is 0.496 e. The maximum Gasteiger partial charge on any atom is 0.411 e. The fourth-order valence-electron chi connectivity index (χ4n) is 3.75. The summed E-state index contributed by atoms with van der Waals surface area (Å²) in [5, 5.41) is 3.31. The number of esters is 1. The summed E-state index contributed by atoms with van der Waals surface area (Å²) in [6, 6.07) is 6.87. The van der Waals surface area contributed by atoms with Crippen molar-refractivity contribution < 1.29 is 23.8 Å². The van der Waals surface area contributed by atoms with Gasteiger partial charge in [-0.3, -0.25) is 9.69 Å². The molecule has 3 rings (SSSR count). The number of nitrogens with one attached hydrogen (secondary N) is 1. The lowest BCUT2D eigenvalue weighted by atomic mass is 9.92. The molecule has 0 spiro atoms. The molecule has 2 aliphatic heterocycles. The van der Waals surface area contributed by atoms with Crippen molar-refractivity contribution in [3.63, 3.8) is 0 Å². The molecule has 1 amide bonds. The minimum atomic E-state index is -1.78. The highest BCUT2D eigenvalue weighted by Gasteiger charge is 2.47. The first-order chi connectivity index (χ1) is 15.0. The molecule has 1 N–H and O–H groups in total. The van der Waals surface area contributed by atoms with Gasteiger partial charge in [-0.2, -0.15) is 0 Å². The zero-order valence-corrected chi connectivity index (χ0v) is 20.5. The summed E-state index contributed by atoms with van der Waals surface area (Å²) in [5.41, 5.74) is 0.251. The summed E-state index contributed by atoms with van der Waals surface area (Å²) in [7, 11) is 1.56. The van der Waals surface area contributed by atoms with E-state index in [0.29, 0.717) is 25.3 Å². The highest BCUT2D eigenvalue weighted by Crippen LogP contribution is 2.41. The number of ether oxygens (including phenoxy) is 3. The second-order valence-corrected chi connectivity index (χ2v) is 10.6. The average molecular weight is 506 g/mol. The first-order valence-electron chi connectivity index (χ1n) is 10.3. The van der Waals surface area contributed by atoms with Crippen molar-refractivity contribution in [1.29, 1.82) is 0 Å². The zero-order valence-electron chi connectivity index (χ0n) is 18.2. The lowest BCUT2D eigenvalue weighted by Gasteiger charge is -2.46. The predicted octanol–water partition coefficient (Wildman–Crippen LogP) is 4.04. The summed E-state index contributed by atoms with van der Waals surface area (Å²) >= 11 is 17.9. The van der Waals surface area contributed by atoms with E-state index in [9.17, 15) is 9.59 Å². The first kappa shape index (κ1) is 25.0. The van der Waals surface area contributed by atoms with Crippen molar-refractivity contribution in [1.82, 2.24) is 10.2 Å². The van der Waals surface area contributed by atoms with E-state index in [0.717, 1.165) is 11.1 Å². The monoisotopic (exact) mass is 504 g/mol. The number of amides is 1. The Hall–Kier alpha value is -1.67. The molecule has 2 bridgehead atoms. The number of nitrogens with zero attached hydrogens (tertiary/aromatic N) is 1. The molecule has 0 aromatic heterocycles. The van der Waals surface area contributed by atoms with Gasteiger partial charge < -0.3 is 19.5 Å². The normalized spacial score (nSPS) is 20.9. The van der Waals surface area contributed by atoms with Crippen LogP contribution in [0, 0.1) is 0 Å². The molecule has 0 saturated carbocycles. The van der Waals surface area contributed by atoms with E-state index < -0.39 is 15.5 Å². The Kier molecular flexibility index (Phi) is 7.86. The summed E-state index contributed by atoms with van der Waals surface area (Å²) in [6.07, 6.45) is 2.15. The van der Waals surface area contributed by atoms with Crippen LogP contribution in [0.1, 0.15) is 25.8 Å². The van der Waals surface area contributed by atoms with Gasteiger partial charge in [0.15, 0.2) is 5.60 Å². The standard InChI is InChI=1S/C22H27Cl3N2O5/c1-21(2,22(23,24)25)32-20(29)27-16-9-8-15(17(27)12-26-11-16)13-31-19(28)10-14-6-4-5-7-18(14)30-3/h4-8,16-17,26H,9-13H2,1-3H3. The van der Waals surface area contributed by atoms with Gasteiger partial charge in [0.25, 0.3) is 0 Å². The van der Waals surface area contributed by atoms with Crippen LogP contribution in [0.5, 0.6) is 5.75 Å². The predicted molar refractivity (Wildman–Crippen MR) is 123 cm³/mol. The van der Waals surface area contributed by atoms with Crippen molar-refractivity contribution in [3.8, 4) is 5.75 Å². The molecule has 10 heteroatoms. The Labute approximate surface area is 202 Å². The van der Waals surface area contributed by atoms with Gasteiger partial charge in [0, 0.05) is 18.7 Å². The Morgan fingerprint density at radius 3 is 2.59 bits per heavy atom. The Morgan fingerprint density at radius 2 is 1.91 bits per heavy atom. The van der Waals surface area contributed by atoms with E-state index in [1.165, 1.54) is 0 Å². The van der Waals surface area contributed by atoms with Crippen LogP contribution in [-0.2, 0) is 20.7 Å². The van der Waals surface area contributed by atoms with Crippen LogP contribution in [0.25, 0.3) is 0 Å². The van der Waals surface area contributed by atoms with Crippen molar-refractivity contribution in [2.45, 2.75) is 48.2 Å². The lowest BCUT2D eigenvalue weighted by molar-refractivity contribution is -0.142. The maximum absolute atomic E-state index is 13.0. The van der Waals surface area contributed by atoms with E-state index in [1.807, 2.05) is 24.3 Å². The lowest BCUT2D eigenvalue weighted by Crippen LogP contribution is -2.63. The van der Waals surface area contributed by atoms with Crippen molar-refractivity contribution in [3.05, 3.63) is 41.5 Å². The van der Waals surface area contributed by atoms with Gasteiger partial charge in [0.05, 0.1) is 25.6 Å².